The lowest BCUT2D eigenvalue weighted by Crippen LogP contribution is -2.41. The van der Waals surface area contributed by atoms with Gasteiger partial charge in [-0.25, -0.2) is 8.78 Å². The number of carbonyl (C=O) groups is 1. The maximum Gasteiger partial charge on any atom is 0.238 e. The first-order valence-electron chi connectivity index (χ1n) is 5.28. The van der Waals surface area contributed by atoms with E-state index in [1.54, 1.807) is 0 Å². The number of anilines is 1. The van der Waals surface area contributed by atoms with E-state index in [9.17, 15) is 13.6 Å². The molecule has 0 aliphatic rings. The van der Waals surface area contributed by atoms with E-state index in [0.717, 1.165) is 12.1 Å². The van der Waals surface area contributed by atoms with E-state index in [4.69, 9.17) is 0 Å². The third-order valence-electron chi connectivity index (χ3n) is 1.98. The molecule has 0 spiro atoms. The molecule has 1 aromatic carbocycles. The van der Waals surface area contributed by atoms with Gasteiger partial charge in [-0.1, -0.05) is 0 Å². The summed E-state index contributed by atoms with van der Waals surface area (Å²) in [5.74, 6) is -1.83. The van der Waals surface area contributed by atoms with Gasteiger partial charge in [-0.2, -0.15) is 0 Å². The lowest BCUT2D eigenvalue weighted by molar-refractivity contribution is -0.115. The van der Waals surface area contributed by atoms with E-state index in [2.05, 4.69) is 10.6 Å². The highest BCUT2D eigenvalue weighted by Gasteiger charge is 2.12. The first kappa shape index (κ1) is 13.6. The van der Waals surface area contributed by atoms with Gasteiger partial charge < -0.3 is 10.6 Å². The highest BCUT2D eigenvalue weighted by Crippen LogP contribution is 2.14. The Morgan fingerprint density at radius 1 is 1.29 bits per heavy atom. The SMILES string of the molecule is CC(C)(C)NCC(=O)Nc1ccc(F)cc1F. The molecule has 1 aromatic rings. The zero-order chi connectivity index (χ0) is 13.1. The van der Waals surface area contributed by atoms with Crippen molar-refractivity contribution in [3.05, 3.63) is 29.8 Å². The number of nitrogens with one attached hydrogen (secondary N) is 2. The minimum atomic E-state index is -0.783. The van der Waals surface area contributed by atoms with Crippen LogP contribution >= 0.6 is 0 Å². The van der Waals surface area contributed by atoms with Crippen LogP contribution in [0.25, 0.3) is 0 Å². The van der Waals surface area contributed by atoms with Crippen molar-refractivity contribution in [2.24, 2.45) is 0 Å². The quantitative estimate of drug-likeness (QED) is 0.853. The summed E-state index contributed by atoms with van der Waals surface area (Å²) in [6.45, 7) is 5.82. The molecule has 0 aliphatic heterocycles. The van der Waals surface area contributed by atoms with Crippen LogP contribution < -0.4 is 10.6 Å². The third kappa shape index (κ3) is 4.91. The van der Waals surface area contributed by atoms with E-state index in [1.165, 1.54) is 6.07 Å². The van der Waals surface area contributed by atoms with Crippen LogP contribution in [0.4, 0.5) is 14.5 Å². The van der Waals surface area contributed by atoms with Gasteiger partial charge in [-0.3, -0.25) is 4.79 Å². The molecule has 0 bridgehead atoms. The van der Waals surface area contributed by atoms with Crippen molar-refractivity contribution in [3.63, 3.8) is 0 Å². The van der Waals surface area contributed by atoms with Crippen molar-refractivity contribution < 1.29 is 13.6 Å². The second kappa shape index (κ2) is 5.23. The van der Waals surface area contributed by atoms with Gasteiger partial charge in [0.25, 0.3) is 0 Å². The van der Waals surface area contributed by atoms with Crippen LogP contribution in [0.1, 0.15) is 20.8 Å². The molecule has 0 aliphatic carbocycles. The fourth-order valence-corrected chi connectivity index (χ4v) is 1.13. The molecular formula is C12H16F2N2O. The van der Waals surface area contributed by atoms with Gasteiger partial charge in [-0.05, 0) is 32.9 Å². The highest BCUT2D eigenvalue weighted by atomic mass is 19.1. The fraction of sp³-hybridized carbons (Fsp3) is 0.417. The van der Waals surface area contributed by atoms with Crippen LogP contribution in [0.5, 0.6) is 0 Å². The van der Waals surface area contributed by atoms with Crippen molar-refractivity contribution >= 4 is 11.6 Å². The molecule has 0 saturated heterocycles. The molecule has 5 heteroatoms. The van der Waals surface area contributed by atoms with Crippen molar-refractivity contribution in [2.45, 2.75) is 26.3 Å². The maximum atomic E-state index is 13.2. The molecule has 17 heavy (non-hydrogen) atoms. The first-order valence-corrected chi connectivity index (χ1v) is 5.28. The minimum absolute atomic E-state index is 0.0212. The molecular weight excluding hydrogens is 226 g/mol. The van der Waals surface area contributed by atoms with Crippen molar-refractivity contribution in [1.82, 2.24) is 5.32 Å². The number of benzene rings is 1. The van der Waals surface area contributed by atoms with Crippen molar-refractivity contribution in [1.29, 1.82) is 0 Å². The van der Waals surface area contributed by atoms with Gasteiger partial charge >= 0.3 is 0 Å². The van der Waals surface area contributed by atoms with E-state index < -0.39 is 11.6 Å². The zero-order valence-corrected chi connectivity index (χ0v) is 10.1. The largest absolute Gasteiger partial charge is 0.322 e. The third-order valence-corrected chi connectivity index (χ3v) is 1.98. The molecule has 0 saturated carbocycles. The van der Waals surface area contributed by atoms with Crippen molar-refractivity contribution in [3.8, 4) is 0 Å². The Bertz CT molecular complexity index is 413. The molecule has 1 rings (SSSR count). The summed E-state index contributed by atoms with van der Waals surface area (Å²) in [7, 11) is 0. The number of amides is 1. The van der Waals surface area contributed by atoms with Crippen LogP contribution in [0.2, 0.25) is 0 Å². The average molecular weight is 242 g/mol. The van der Waals surface area contributed by atoms with Crippen LogP contribution in [0, 0.1) is 11.6 Å². The second-order valence-electron chi connectivity index (χ2n) is 4.78. The van der Waals surface area contributed by atoms with Gasteiger partial charge in [0, 0.05) is 11.6 Å². The monoisotopic (exact) mass is 242 g/mol. The lowest BCUT2D eigenvalue weighted by atomic mass is 10.1. The molecule has 3 nitrogen and oxygen atoms in total. The summed E-state index contributed by atoms with van der Waals surface area (Å²) in [5.41, 5.74) is -0.217. The summed E-state index contributed by atoms with van der Waals surface area (Å²) in [6.07, 6.45) is 0. The first-order chi connectivity index (χ1) is 7.78. The molecule has 0 radical (unpaired) electrons. The van der Waals surface area contributed by atoms with E-state index in [-0.39, 0.29) is 23.7 Å². The molecule has 0 fully saturated rings. The van der Waals surface area contributed by atoms with Gasteiger partial charge in [0.1, 0.15) is 11.6 Å². The molecule has 1 amide bonds. The van der Waals surface area contributed by atoms with Crippen LogP contribution in [-0.2, 0) is 4.79 Å². The number of hydrogen-bond donors (Lipinski definition) is 2. The molecule has 2 N–H and O–H groups in total. The number of hydrogen-bond acceptors (Lipinski definition) is 2. The van der Waals surface area contributed by atoms with Crippen LogP contribution in [0.15, 0.2) is 18.2 Å². The number of carbonyl (C=O) groups excluding carboxylic acids is 1. The maximum absolute atomic E-state index is 13.2. The predicted octanol–water partition coefficient (Wildman–Crippen LogP) is 2.29. The summed E-state index contributed by atoms with van der Waals surface area (Å²) in [5, 5.41) is 5.33. The normalized spacial score (nSPS) is 11.4. The Morgan fingerprint density at radius 2 is 1.94 bits per heavy atom. The Balaban J connectivity index is 2.57. The van der Waals surface area contributed by atoms with Gasteiger partial charge in [0.15, 0.2) is 0 Å². The molecule has 94 valence electrons. The Hall–Kier alpha value is -1.49. The minimum Gasteiger partial charge on any atom is -0.322 e. The fourth-order valence-electron chi connectivity index (χ4n) is 1.13. The molecule has 0 unspecified atom stereocenters. The average Bonchev–Trinajstić information content (AvgIpc) is 2.18. The summed E-state index contributed by atoms with van der Waals surface area (Å²) in [4.78, 5) is 11.5. The Labute approximate surface area is 99.2 Å². The number of rotatable bonds is 3. The van der Waals surface area contributed by atoms with Crippen LogP contribution in [0.3, 0.4) is 0 Å². The lowest BCUT2D eigenvalue weighted by Gasteiger charge is -2.20. The van der Waals surface area contributed by atoms with Crippen LogP contribution in [-0.4, -0.2) is 18.0 Å². The smallest absolute Gasteiger partial charge is 0.238 e. The van der Waals surface area contributed by atoms with Crippen molar-refractivity contribution in [2.75, 3.05) is 11.9 Å². The molecule has 0 aromatic heterocycles. The Kier molecular flexibility index (Phi) is 4.17. The van der Waals surface area contributed by atoms with Gasteiger partial charge in [-0.15, -0.1) is 0 Å². The van der Waals surface area contributed by atoms with E-state index in [0.29, 0.717) is 0 Å². The summed E-state index contributed by atoms with van der Waals surface area (Å²) < 4.78 is 25.8. The zero-order valence-electron chi connectivity index (χ0n) is 10.1. The van der Waals surface area contributed by atoms with Gasteiger partial charge in [0.2, 0.25) is 5.91 Å². The second-order valence-corrected chi connectivity index (χ2v) is 4.78. The topological polar surface area (TPSA) is 41.1 Å². The Morgan fingerprint density at radius 3 is 2.47 bits per heavy atom. The summed E-state index contributed by atoms with van der Waals surface area (Å²) >= 11 is 0. The molecule has 0 heterocycles. The van der Waals surface area contributed by atoms with E-state index in [1.807, 2.05) is 20.8 Å². The highest BCUT2D eigenvalue weighted by molar-refractivity contribution is 5.92. The van der Waals surface area contributed by atoms with E-state index >= 15 is 0 Å². The summed E-state index contributed by atoms with van der Waals surface area (Å²) in [6, 6.07) is 3.02. The predicted molar refractivity (Wildman–Crippen MR) is 62.7 cm³/mol. The molecule has 0 atom stereocenters. The standard InChI is InChI=1S/C12H16F2N2O/c1-12(2,3)15-7-11(17)16-10-5-4-8(13)6-9(10)14/h4-6,15H,7H2,1-3H3,(H,16,17). The number of halogens is 2. The van der Waals surface area contributed by atoms with Gasteiger partial charge in [0.05, 0.1) is 12.2 Å².